The number of anilines is 1. The molecule has 3 saturated carbocycles. The second-order valence-electron chi connectivity index (χ2n) is 10.8. The van der Waals surface area contributed by atoms with Gasteiger partial charge in [-0.1, -0.05) is 0 Å². The summed E-state index contributed by atoms with van der Waals surface area (Å²) in [6.07, 6.45) is 7.38. The van der Waals surface area contributed by atoms with Crippen LogP contribution in [0.5, 0.6) is 0 Å². The fourth-order valence-electron chi connectivity index (χ4n) is 5.89. The average Bonchev–Trinajstić information content (AvgIpc) is 3.27. The van der Waals surface area contributed by atoms with Crippen LogP contribution in [0.4, 0.5) is 14.7 Å². The molecule has 4 aliphatic rings. The van der Waals surface area contributed by atoms with Crippen LogP contribution in [0.15, 0.2) is 30.6 Å². The first-order chi connectivity index (χ1) is 17.8. The molecule has 190 valence electrons. The SMILES string of the molecule is Cc1nc2nc(N3CC(C)OC(c4cnn(C56CC(C5)C6)c4)C3)nc(-c3ccc(F)cc3F)c2nc1C. The Morgan fingerprint density at radius 3 is 2.51 bits per heavy atom. The summed E-state index contributed by atoms with van der Waals surface area (Å²) in [6.45, 7) is 6.78. The van der Waals surface area contributed by atoms with Crippen molar-refractivity contribution in [2.45, 2.75) is 57.8 Å². The fraction of sp³-hybridized carbons (Fsp3) is 0.444. The Bertz CT molecular complexity index is 1540. The summed E-state index contributed by atoms with van der Waals surface area (Å²) in [5.41, 5.74) is 3.88. The predicted molar refractivity (Wildman–Crippen MR) is 133 cm³/mol. The minimum absolute atomic E-state index is 0.0896. The van der Waals surface area contributed by atoms with Gasteiger partial charge in [-0.25, -0.2) is 23.7 Å². The Morgan fingerprint density at radius 1 is 1.00 bits per heavy atom. The van der Waals surface area contributed by atoms with Crippen molar-refractivity contribution in [2.24, 2.45) is 5.92 Å². The normalized spacial score (nSPS) is 26.7. The first-order valence-corrected chi connectivity index (χ1v) is 12.7. The van der Waals surface area contributed by atoms with Crippen LogP contribution in [0.1, 0.15) is 49.2 Å². The van der Waals surface area contributed by atoms with Gasteiger partial charge in [0.1, 0.15) is 28.9 Å². The molecule has 8 rings (SSSR count). The van der Waals surface area contributed by atoms with E-state index < -0.39 is 11.6 Å². The minimum Gasteiger partial charge on any atom is -0.367 e. The number of morpholine rings is 1. The van der Waals surface area contributed by atoms with Crippen LogP contribution in [-0.2, 0) is 10.3 Å². The van der Waals surface area contributed by atoms with Crippen molar-refractivity contribution in [1.82, 2.24) is 29.7 Å². The van der Waals surface area contributed by atoms with Gasteiger partial charge in [0.2, 0.25) is 5.95 Å². The maximum Gasteiger partial charge on any atom is 0.228 e. The van der Waals surface area contributed by atoms with Gasteiger partial charge < -0.3 is 9.64 Å². The van der Waals surface area contributed by atoms with Gasteiger partial charge in [-0.05, 0) is 58.1 Å². The van der Waals surface area contributed by atoms with Gasteiger partial charge in [-0.2, -0.15) is 10.1 Å². The van der Waals surface area contributed by atoms with Crippen molar-refractivity contribution in [2.75, 3.05) is 18.0 Å². The molecule has 10 heteroatoms. The Labute approximate surface area is 212 Å². The van der Waals surface area contributed by atoms with Crippen LogP contribution in [0.3, 0.4) is 0 Å². The lowest BCUT2D eigenvalue weighted by atomic mass is 9.50. The summed E-state index contributed by atoms with van der Waals surface area (Å²) in [4.78, 5) is 20.8. The summed E-state index contributed by atoms with van der Waals surface area (Å²) in [7, 11) is 0. The number of hydrogen-bond donors (Lipinski definition) is 0. The molecule has 3 aliphatic carbocycles. The Kier molecular flexibility index (Phi) is 4.89. The maximum atomic E-state index is 14.9. The Morgan fingerprint density at radius 2 is 1.78 bits per heavy atom. The van der Waals surface area contributed by atoms with E-state index in [0.717, 1.165) is 23.2 Å². The molecule has 0 amide bonds. The number of aryl methyl sites for hydroxylation is 2. The van der Waals surface area contributed by atoms with Gasteiger partial charge in [0.25, 0.3) is 0 Å². The molecule has 1 aliphatic heterocycles. The second kappa shape index (κ2) is 7.98. The summed E-state index contributed by atoms with van der Waals surface area (Å²) in [5.74, 6) is -0.0760. The molecule has 0 spiro atoms. The van der Waals surface area contributed by atoms with Gasteiger partial charge in [0.05, 0.1) is 35.8 Å². The lowest BCUT2D eigenvalue weighted by Gasteiger charge is -2.61. The van der Waals surface area contributed by atoms with Crippen LogP contribution in [0, 0.1) is 31.4 Å². The number of ether oxygens (including phenoxy) is 1. The van der Waals surface area contributed by atoms with E-state index in [1.54, 1.807) is 0 Å². The highest BCUT2D eigenvalue weighted by molar-refractivity contribution is 5.88. The average molecular weight is 504 g/mol. The van der Waals surface area contributed by atoms with Crippen LogP contribution >= 0.6 is 0 Å². The lowest BCUT2D eigenvalue weighted by molar-refractivity contribution is -0.0980. The third kappa shape index (κ3) is 3.60. The molecule has 4 aromatic rings. The van der Waals surface area contributed by atoms with E-state index in [4.69, 9.17) is 14.7 Å². The fourth-order valence-corrected chi connectivity index (χ4v) is 5.89. The molecule has 2 unspecified atom stereocenters. The van der Waals surface area contributed by atoms with Crippen LogP contribution < -0.4 is 4.90 Å². The van der Waals surface area contributed by atoms with Crippen molar-refractivity contribution in [1.29, 1.82) is 0 Å². The molecule has 0 N–H and O–H groups in total. The van der Waals surface area contributed by atoms with E-state index in [2.05, 4.69) is 25.9 Å². The number of hydrogen-bond acceptors (Lipinski definition) is 7. The van der Waals surface area contributed by atoms with E-state index in [-0.39, 0.29) is 23.3 Å². The van der Waals surface area contributed by atoms with E-state index in [1.165, 1.54) is 31.4 Å². The largest absolute Gasteiger partial charge is 0.367 e. The predicted octanol–water partition coefficient (Wildman–Crippen LogP) is 4.65. The molecule has 0 radical (unpaired) electrons. The number of halogens is 2. The smallest absolute Gasteiger partial charge is 0.228 e. The maximum absolute atomic E-state index is 14.9. The monoisotopic (exact) mass is 503 g/mol. The Balaban J connectivity index is 1.28. The molecule has 3 aromatic heterocycles. The minimum atomic E-state index is -0.708. The first kappa shape index (κ1) is 22.7. The van der Waals surface area contributed by atoms with Crippen LogP contribution in [-0.4, -0.2) is 48.9 Å². The molecular formula is C27H27F2N7O. The third-order valence-corrected chi connectivity index (χ3v) is 8.13. The number of rotatable bonds is 4. The molecule has 2 atom stereocenters. The van der Waals surface area contributed by atoms with Crippen molar-refractivity contribution in [3.05, 3.63) is 59.2 Å². The van der Waals surface area contributed by atoms with Gasteiger partial charge in [-0.3, -0.25) is 4.68 Å². The number of nitrogens with zero attached hydrogens (tertiary/aromatic N) is 7. The van der Waals surface area contributed by atoms with Gasteiger partial charge in [-0.15, -0.1) is 0 Å². The van der Waals surface area contributed by atoms with E-state index in [1.807, 2.05) is 31.9 Å². The number of aromatic nitrogens is 6. The third-order valence-electron chi connectivity index (χ3n) is 8.13. The lowest BCUT2D eigenvalue weighted by Crippen LogP contribution is -2.59. The van der Waals surface area contributed by atoms with Crippen molar-refractivity contribution in [3.8, 4) is 11.3 Å². The van der Waals surface area contributed by atoms with Crippen molar-refractivity contribution in [3.63, 3.8) is 0 Å². The second-order valence-corrected chi connectivity index (χ2v) is 10.8. The van der Waals surface area contributed by atoms with Crippen molar-refractivity contribution >= 4 is 17.1 Å². The highest BCUT2D eigenvalue weighted by Crippen LogP contribution is 2.62. The van der Waals surface area contributed by atoms with Gasteiger partial charge >= 0.3 is 0 Å². The zero-order chi connectivity index (χ0) is 25.5. The number of fused-ring (bicyclic) bond motifs is 1. The van der Waals surface area contributed by atoms with Crippen molar-refractivity contribution < 1.29 is 13.5 Å². The Hall–Kier alpha value is -3.53. The quantitative estimate of drug-likeness (QED) is 0.401. The zero-order valence-electron chi connectivity index (χ0n) is 20.9. The molecular weight excluding hydrogens is 476 g/mol. The summed E-state index contributed by atoms with van der Waals surface area (Å²) in [5, 5.41) is 4.67. The molecule has 2 bridgehead atoms. The molecule has 8 nitrogen and oxygen atoms in total. The topological polar surface area (TPSA) is 81.9 Å². The van der Waals surface area contributed by atoms with E-state index >= 15 is 0 Å². The van der Waals surface area contributed by atoms with Crippen LogP contribution in [0.25, 0.3) is 22.4 Å². The molecule has 1 saturated heterocycles. The molecule has 1 aromatic carbocycles. The van der Waals surface area contributed by atoms with Gasteiger partial charge in [0, 0.05) is 29.9 Å². The van der Waals surface area contributed by atoms with Gasteiger partial charge in [0.15, 0.2) is 5.65 Å². The number of benzene rings is 1. The zero-order valence-corrected chi connectivity index (χ0v) is 20.9. The molecule has 37 heavy (non-hydrogen) atoms. The molecule has 4 fully saturated rings. The highest BCUT2D eigenvalue weighted by atomic mass is 19.1. The van der Waals surface area contributed by atoms with E-state index in [9.17, 15) is 8.78 Å². The van der Waals surface area contributed by atoms with Crippen LogP contribution in [0.2, 0.25) is 0 Å². The highest BCUT2D eigenvalue weighted by Gasteiger charge is 2.58. The first-order valence-electron chi connectivity index (χ1n) is 12.7. The summed E-state index contributed by atoms with van der Waals surface area (Å²) < 4.78 is 37.0. The standard InChI is InChI=1S/C27H27F2N7O/c1-14-11-35(13-22(37-14)18-10-30-36(12-18)27-7-17(8-27)9-27)26-33-23(20-5-4-19(28)6-21(20)29)24-25(34-26)32-16(3)15(2)31-24/h4-6,10,12,14,17,22H,7-9,11,13H2,1-3H3. The summed E-state index contributed by atoms with van der Waals surface area (Å²) in [6, 6.07) is 3.46. The molecule has 4 heterocycles. The van der Waals surface area contributed by atoms with E-state index in [0.29, 0.717) is 41.6 Å². The summed E-state index contributed by atoms with van der Waals surface area (Å²) >= 11 is 0.